The van der Waals surface area contributed by atoms with Gasteiger partial charge in [0.15, 0.2) is 0 Å². The fourth-order valence-electron chi connectivity index (χ4n) is 3.08. The molecule has 0 spiro atoms. The maximum atomic E-state index is 12.6. The topological polar surface area (TPSA) is 64.1 Å². The summed E-state index contributed by atoms with van der Waals surface area (Å²) < 4.78 is 7.08. The number of aromatic amines is 1. The molecule has 2 heterocycles. The lowest BCUT2D eigenvalue weighted by atomic mass is 10.1. The quantitative estimate of drug-likeness (QED) is 0.863. The van der Waals surface area contributed by atoms with Crippen LogP contribution in [0.15, 0.2) is 9.59 Å². The molecule has 110 valence electrons. The van der Waals surface area contributed by atoms with E-state index < -0.39 is 5.69 Å². The number of halogens is 1. The Balaban J connectivity index is 2.06. The van der Waals surface area contributed by atoms with Gasteiger partial charge in [0.2, 0.25) is 0 Å². The van der Waals surface area contributed by atoms with Crippen molar-refractivity contribution in [2.24, 2.45) is 5.92 Å². The molecule has 2 unspecified atom stereocenters. The highest BCUT2D eigenvalue weighted by molar-refractivity contribution is 6.30. The average Bonchev–Trinajstić information content (AvgIpc) is 3.14. The van der Waals surface area contributed by atoms with E-state index in [1.54, 1.807) is 0 Å². The molecule has 0 aromatic carbocycles. The van der Waals surface area contributed by atoms with Crippen LogP contribution in [0.2, 0.25) is 5.15 Å². The Bertz CT molecular complexity index is 618. The van der Waals surface area contributed by atoms with Crippen molar-refractivity contribution in [1.82, 2.24) is 9.55 Å². The monoisotopic (exact) mass is 298 g/mol. The fourth-order valence-corrected chi connectivity index (χ4v) is 3.34. The summed E-state index contributed by atoms with van der Waals surface area (Å²) in [6.45, 7) is 2.60. The van der Waals surface area contributed by atoms with Gasteiger partial charge in [-0.2, -0.15) is 0 Å². The minimum Gasteiger partial charge on any atom is -0.376 e. The van der Waals surface area contributed by atoms with Crippen LogP contribution in [0.3, 0.4) is 0 Å². The van der Waals surface area contributed by atoms with Crippen molar-refractivity contribution in [2.45, 2.75) is 51.2 Å². The highest BCUT2D eigenvalue weighted by atomic mass is 35.5. The Morgan fingerprint density at radius 2 is 2.10 bits per heavy atom. The summed E-state index contributed by atoms with van der Waals surface area (Å²) in [5.74, 6) is 0.499. The van der Waals surface area contributed by atoms with Crippen molar-refractivity contribution < 1.29 is 4.74 Å². The molecule has 0 radical (unpaired) electrons. The van der Waals surface area contributed by atoms with Crippen molar-refractivity contribution in [2.75, 3.05) is 6.61 Å². The highest BCUT2D eigenvalue weighted by Gasteiger charge is 2.42. The second-order valence-electron chi connectivity index (χ2n) is 5.68. The minimum absolute atomic E-state index is 0.00412. The maximum absolute atomic E-state index is 12.6. The number of hydrogen-bond donors (Lipinski definition) is 1. The van der Waals surface area contributed by atoms with Gasteiger partial charge in [0.1, 0.15) is 5.15 Å². The predicted octanol–water partition coefficient (Wildman–Crippen LogP) is 1.88. The maximum Gasteiger partial charge on any atom is 0.329 e. The lowest BCUT2D eigenvalue weighted by Crippen LogP contribution is -2.43. The summed E-state index contributed by atoms with van der Waals surface area (Å²) in [5.41, 5.74) is -0.155. The third-order valence-corrected chi connectivity index (χ3v) is 4.52. The minimum atomic E-state index is -0.416. The Morgan fingerprint density at radius 1 is 1.35 bits per heavy atom. The van der Waals surface area contributed by atoms with Crippen LogP contribution in [0.5, 0.6) is 0 Å². The van der Waals surface area contributed by atoms with Crippen molar-refractivity contribution in [3.63, 3.8) is 0 Å². The number of nitrogens with zero attached hydrogens (tertiary/aromatic N) is 1. The van der Waals surface area contributed by atoms with Gasteiger partial charge in [-0.05, 0) is 31.6 Å². The number of hydrogen-bond acceptors (Lipinski definition) is 3. The van der Waals surface area contributed by atoms with Crippen LogP contribution < -0.4 is 11.2 Å². The Kier molecular flexibility index (Phi) is 3.73. The molecular weight excluding hydrogens is 280 g/mol. The van der Waals surface area contributed by atoms with E-state index in [9.17, 15) is 9.59 Å². The summed E-state index contributed by atoms with van der Waals surface area (Å²) in [6.07, 6.45) is 4.37. The van der Waals surface area contributed by atoms with Crippen molar-refractivity contribution in [3.8, 4) is 0 Å². The van der Waals surface area contributed by atoms with Crippen molar-refractivity contribution >= 4 is 11.6 Å². The Morgan fingerprint density at radius 3 is 2.75 bits per heavy atom. The summed E-state index contributed by atoms with van der Waals surface area (Å²) >= 11 is 6.00. The second-order valence-corrected chi connectivity index (χ2v) is 6.05. The summed E-state index contributed by atoms with van der Waals surface area (Å²) in [7, 11) is 0. The van der Waals surface area contributed by atoms with E-state index in [4.69, 9.17) is 16.3 Å². The van der Waals surface area contributed by atoms with Gasteiger partial charge in [-0.15, -0.1) is 0 Å². The molecule has 1 aliphatic heterocycles. The first kappa shape index (κ1) is 13.9. The summed E-state index contributed by atoms with van der Waals surface area (Å²) in [4.78, 5) is 27.3. The third-order valence-electron chi connectivity index (χ3n) is 4.20. The van der Waals surface area contributed by atoms with Gasteiger partial charge in [-0.1, -0.05) is 24.9 Å². The molecule has 2 fully saturated rings. The molecule has 1 aromatic rings. The van der Waals surface area contributed by atoms with E-state index in [1.807, 2.05) is 6.92 Å². The van der Waals surface area contributed by atoms with E-state index >= 15 is 0 Å². The van der Waals surface area contributed by atoms with E-state index in [2.05, 4.69) is 4.98 Å². The first-order valence-electron chi connectivity index (χ1n) is 7.28. The zero-order valence-corrected chi connectivity index (χ0v) is 12.3. The number of nitrogens with one attached hydrogen (secondary N) is 1. The molecule has 1 aliphatic carbocycles. The largest absolute Gasteiger partial charge is 0.376 e. The lowest BCUT2D eigenvalue weighted by Gasteiger charge is -2.20. The van der Waals surface area contributed by atoms with E-state index in [0.29, 0.717) is 24.5 Å². The molecule has 1 aromatic heterocycles. The van der Waals surface area contributed by atoms with Crippen LogP contribution in [-0.2, 0) is 11.2 Å². The molecule has 1 saturated carbocycles. The molecule has 0 bridgehead atoms. The molecule has 20 heavy (non-hydrogen) atoms. The number of ether oxygens (including phenoxy) is 1. The SMILES string of the molecule is CCCc1c(Cl)[nH]c(=O)n(C2CCOC2C2CC2)c1=O. The van der Waals surface area contributed by atoms with Crippen molar-refractivity contribution in [3.05, 3.63) is 31.6 Å². The lowest BCUT2D eigenvalue weighted by molar-refractivity contribution is 0.0734. The Hall–Kier alpha value is -1.07. The molecular formula is C14H19ClN2O3. The van der Waals surface area contributed by atoms with Crippen LogP contribution in [0, 0.1) is 5.92 Å². The van der Waals surface area contributed by atoms with Crippen LogP contribution >= 0.6 is 11.6 Å². The van der Waals surface area contributed by atoms with Gasteiger partial charge in [0, 0.05) is 6.61 Å². The van der Waals surface area contributed by atoms with E-state index in [-0.39, 0.29) is 22.9 Å². The Labute approximate surface area is 121 Å². The first-order valence-corrected chi connectivity index (χ1v) is 7.66. The molecule has 1 saturated heterocycles. The first-order chi connectivity index (χ1) is 9.63. The normalized spacial score (nSPS) is 26.1. The van der Waals surface area contributed by atoms with Crippen LogP contribution in [0.25, 0.3) is 0 Å². The standard InChI is InChI=1S/C14H19ClN2O3/c1-2-3-9-12(15)16-14(19)17(13(9)18)10-6-7-20-11(10)8-4-5-8/h8,10-11H,2-7H2,1H3,(H,16,19). The molecule has 3 rings (SSSR count). The molecule has 0 amide bonds. The smallest absolute Gasteiger partial charge is 0.329 e. The summed E-state index contributed by atoms with van der Waals surface area (Å²) in [5, 5.41) is 0.181. The predicted molar refractivity (Wildman–Crippen MR) is 76.4 cm³/mol. The average molecular weight is 299 g/mol. The number of aromatic nitrogens is 2. The van der Waals surface area contributed by atoms with Crippen LogP contribution in [-0.4, -0.2) is 22.3 Å². The zero-order valence-electron chi connectivity index (χ0n) is 11.5. The van der Waals surface area contributed by atoms with Gasteiger partial charge in [-0.3, -0.25) is 14.3 Å². The van der Waals surface area contributed by atoms with Crippen LogP contribution in [0.1, 0.15) is 44.2 Å². The zero-order chi connectivity index (χ0) is 14.3. The second kappa shape index (κ2) is 5.37. The summed E-state index contributed by atoms with van der Waals surface area (Å²) in [6, 6.07) is -0.147. The van der Waals surface area contributed by atoms with Crippen molar-refractivity contribution in [1.29, 1.82) is 0 Å². The van der Waals surface area contributed by atoms with E-state index in [1.165, 1.54) is 4.57 Å². The van der Waals surface area contributed by atoms with Crippen LogP contribution in [0.4, 0.5) is 0 Å². The van der Waals surface area contributed by atoms with Gasteiger partial charge in [-0.25, -0.2) is 4.79 Å². The molecule has 1 N–H and O–H groups in total. The van der Waals surface area contributed by atoms with Gasteiger partial charge >= 0.3 is 5.69 Å². The molecule has 2 aliphatic rings. The number of rotatable bonds is 4. The van der Waals surface area contributed by atoms with E-state index in [0.717, 1.165) is 25.7 Å². The number of H-pyrrole nitrogens is 1. The molecule has 5 nitrogen and oxygen atoms in total. The fraction of sp³-hybridized carbons (Fsp3) is 0.714. The third kappa shape index (κ3) is 2.33. The highest BCUT2D eigenvalue weighted by Crippen LogP contribution is 2.42. The molecule has 6 heteroatoms. The van der Waals surface area contributed by atoms with Gasteiger partial charge in [0.25, 0.3) is 5.56 Å². The molecule has 2 atom stereocenters. The van der Waals surface area contributed by atoms with Gasteiger partial charge < -0.3 is 4.74 Å². The van der Waals surface area contributed by atoms with Gasteiger partial charge in [0.05, 0.1) is 17.7 Å².